The number of carbonyl (C=O) groups excluding carboxylic acids is 2. The van der Waals surface area contributed by atoms with E-state index in [-0.39, 0.29) is 6.61 Å². The Balaban J connectivity index is 2.01. The Hall–Kier alpha value is -2.09. The summed E-state index contributed by atoms with van der Waals surface area (Å²) < 4.78 is 6.64. The maximum absolute atomic E-state index is 11.8. The Morgan fingerprint density at radius 2 is 1.97 bits per heavy atom. The number of benzene rings is 2. The van der Waals surface area contributed by atoms with Crippen molar-refractivity contribution in [3.8, 4) is 5.75 Å². The number of hydrogen-bond donors (Lipinski definition) is 2. The van der Waals surface area contributed by atoms with E-state index in [0.717, 1.165) is 22.9 Å². The molecule has 0 saturated heterocycles. The summed E-state index contributed by atoms with van der Waals surface area (Å²) in [4.78, 5) is 23.4. The molecule has 154 valence electrons. The minimum atomic E-state index is -0.831. The number of hydrogen-bond acceptors (Lipinski definition) is 4. The van der Waals surface area contributed by atoms with Crippen molar-refractivity contribution in [2.24, 2.45) is 5.10 Å². The Bertz CT molecular complexity index is 907. The molecule has 2 aromatic carbocycles. The highest BCUT2D eigenvalue weighted by atomic mass is 79.9. The van der Waals surface area contributed by atoms with Crippen molar-refractivity contribution in [2.45, 2.75) is 26.4 Å². The molecule has 0 aromatic heterocycles. The Labute approximate surface area is 187 Å². The quantitative estimate of drug-likeness (QED) is 0.238. The van der Waals surface area contributed by atoms with E-state index in [1.54, 1.807) is 30.3 Å². The molecular formula is C20H20BrCl2N3O3. The predicted octanol–water partition coefficient (Wildman–Crippen LogP) is 4.70. The second kappa shape index (κ2) is 11.8. The second-order valence-corrected chi connectivity index (χ2v) is 7.77. The number of rotatable bonds is 8. The third-order valence-electron chi connectivity index (χ3n) is 3.76. The fraction of sp³-hybridized carbons (Fsp3) is 0.250. The molecule has 0 aliphatic rings. The highest BCUT2D eigenvalue weighted by molar-refractivity contribution is 9.10. The fourth-order valence-corrected chi connectivity index (χ4v) is 3.06. The van der Waals surface area contributed by atoms with Crippen molar-refractivity contribution in [2.75, 3.05) is 6.54 Å². The average molecular weight is 501 g/mol. The summed E-state index contributed by atoms with van der Waals surface area (Å²) in [5.74, 6) is -1.02. The van der Waals surface area contributed by atoms with Gasteiger partial charge in [0.15, 0.2) is 0 Å². The van der Waals surface area contributed by atoms with Gasteiger partial charge in [0.1, 0.15) is 12.4 Å². The third kappa shape index (κ3) is 7.68. The number of unbranched alkanes of at least 4 members (excludes halogenated alkanes) is 1. The van der Waals surface area contributed by atoms with Crippen LogP contribution in [0, 0.1) is 0 Å². The van der Waals surface area contributed by atoms with Crippen LogP contribution in [0.2, 0.25) is 10.0 Å². The van der Waals surface area contributed by atoms with Gasteiger partial charge in [-0.3, -0.25) is 9.59 Å². The van der Waals surface area contributed by atoms with Gasteiger partial charge in [0.2, 0.25) is 0 Å². The number of amides is 2. The van der Waals surface area contributed by atoms with Crippen molar-refractivity contribution in [1.29, 1.82) is 0 Å². The van der Waals surface area contributed by atoms with Crippen LogP contribution in [0.3, 0.4) is 0 Å². The molecule has 2 rings (SSSR count). The standard InChI is InChI=1S/C20H20BrCl2N3O3/c1-2-3-8-24-19(27)20(28)26-25-11-14-9-15(21)5-7-18(14)29-12-13-4-6-16(22)10-17(13)23/h4-7,9-11H,2-3,8,12H2,1H3,(H,24,27)(H,26,28)/b25-11-. The van der Waals surface area contributed by atoms with Gasteiger partial charge in [0.25, 0.3) is 0 Å². The molecule has 0 aliphatic heterocycles. The minimum Gasteiger partial charge on any atom is -0.488 e. The van der Waals surface area contributed by atoms with Crippen LogP contribution < -0.4 is 15.5 Å². The topological polar surface area (TPSA) is 79.8 Å². The van der Waals surface area contributed by atoms with E-state index in [0.29, 0.717) is 27.9 Å². The van der Waals surface area contributed by atoms with Crippen LogP contribution >= 0.6 is 39.1 Å². The molecule has 0 saturated carbocycles. The molecule has 0 atom stereocenters. The van der Waals surface area contributed by atoms with E-state index < -0.39 is 11.8 Å². The monoisotopic (exact) mass is 499 g/mol. The van der Waals surface area contributed by atoms with Crippen LogP contribution in [0.15, 0.2) is 46.0 Å². The molecule has 2 N–H and O–H groups in total. The molecular weight excluding hydrogens is 481 g/mol. The van der Waals surface area contributed by atoms with Gasteiger partial charge in [-0.05, 0) is 36.8 Å². The van der Waals surface area contributed by atoms with Crippen LogP contribution in [0.25, 0.3) is 0 Å². The van der Waals surface area contributed by atoms with Gasteiger partial charge in [-0.1, -0.05) is 58.5 Å². The van der Waals surface area contributed by atoms with E-state index >= 15 is 0 Å². The van der Waals surface area contributed by atoms with Gasteiger partial charge in [-0.2, -0.15) is 5.10 Å². The van der Waals surface area contributed by atoms with Crippen molar-refractivity contribution in [1.82, 2.24) is 10.7 Å². The van der Waals surface area contributed by atoms with Crippen molar-refractivity contribution < 1.29 is 14.3 Å². The van der Waals surface area contributed by atoms with E-state index in [9.17, 15) is 9.59 Å². The van der Waals surface area contributed by atoms with Gasteiger partial charge in [-0.15, -0.1) is 0 Å². The Morgan fingerprint density at radius 3 is 2.69 bits per heavy atom. The molecule has 9 heteroatoms. The lowest BCUT2D eigenvalue weighted by atomic mass is 10.2. The largest absolute Gasteiger partial charge is 0.488 e. The van der Waals surface area contributed by atoms with Crippen molar-refractivity contribution in [3.63, 3.8) is 0 Å². The van der Waals surface area contributed by atoms with E-state index in [2.05, 4.69) is 31.8 Å². The van der Waals surface area contributed by atoms with Crippen LogP contribution in [0.4, 0.5) is 0 Å². The molecule has 0 unspecified atom stereocenters. The highest BCUT2D eigenvalue weighted by Gasteiger charge is 2.11. The maximum atomic E-state index is 11.8. The van der Waals surface area contributed by atoms with E-state index in [4.69, 9.17) is 27.9 Å². The lowest BCUT2D eigenvalue weighted by Gasteiger charge is -2.11. The summed E-state index contributed by atoms with van der Waals surface area (Å²) in [7, 11) is 0. The number of nitrogens with one attached hydrogen (secondary N) is 2. The molecule has 0 heterocycles. The highest BCUT2D eigenvalue weighted by Crippen LogP contribution is 2.25. The molecule has 29 heavy (non-hydrogen) atoms. The minimum absolute atomic E-state index is 0.227. The summed E-state index contributed by atoms with van der Waals surface area (Å²) in [5, 5.41) is 7.42. The lowest BCUT2D eigenvalue weighted by Crippen LogP contribution is -2.38. The number of nitrogens with zero attached hydrogens (tertiary/aromatic N) is 1. The first-order valence-electron chi connectivity index (χ1n) is 8.88. The smallest absolute Gasteiger partial charge is 0.329 e. The van der Waals surface area contributed by atoms with Gasteiger partial charge in [0, 0.05) is 32.2 Å². The molecule has 0 aliphatic carbocycles. The zero-order valence-electron chi connectivity index (χ0n) is 15.7. The Kier molecular flexibility index (Phi) is 9.44. The van der Waals surface area contributed by atoms with Crippen LogP contribution in [-0.4, -0.2) is 24.6 Å². The van der Waals surface area contributed by atoms with Crippen LogP contribution in [0.1, 0.15) is 30.9 Å². The number of carbonyl (C=O) groups is 2. The normalized spacial score (nSPS) is 10.8. The summed E-state index contributed by atoms with van der Waals surface area (Å²) in [6.07, 6.45) is 3.13. The first-order valence-corrected chi connectivity index (χ1v) is 10.4. The first kappa shape index (κ1) is 23.2. The lowest BCUT2D eigenvalue weighted by molar-refractivity contribution is -0.139. The maximum Gasteiger partial charge on any atom is 0.329 e. The zero-order chi connectivity index (χ0) is 21.2. The van der Waals surface area contributed by atoms with Crippen LogP contribution in [-0.2, 0) is 16.2 Å². The summed E-state index contributed by atoms with van der Waals surface area (Å²) >= 11 is 15.5. The summed E-state index contributed by atoms with van der Waals surface area (Å²) in [6, 6.07) is 10.5. The third-order valence-corrected chi connectivity index (χ3v) is 4.84. The molecule has 0 radical (unpaired) electrons. The molecule has 2 amide bonds. The number of ether oxygens (including phenoxy) is 1. The van der Waals surface area contributed by atoms with Gasteiger partial charge in [-0.25, -0.2) is 5.43 Å². The molecule has 0 spiro atoms. The molecule has 6 nitrogen and oxygen atoms in total. The van der Waals surface area contributed by atoms with E-state index in [1.807, 2.05) is 13.0 Å². The SMILES string of the molecule is CCCCNC(=O)C(=O)N/N=C\c1cc(Br)ccc1OCc1ccc(Cl)cc1Cl. The summed E-state index contributed by atoms with van der Waals surface area (Å²) in [6.45, 7) is 2.67. The Morgan fingerprint density at radius 1 is 1.17 bits per heavy atom. The average Bonchev–Trinajstić information content (AvgIpc) is 2.68. The van der Waals surface area contributed by atoms with Gasteiger partial charge < -0.3 is 10.1 Å². The van der Waals surface area contributed by atoms with E-state index in [1.165, 1.54) is 6.21 Å². The fourth-order valence-electron chi connectivity index (χ4n) is 2.22. The number of hydrazone groups is 1. The zero-order valence-corrected chi connectivity index (χ0v) is 18.8. The first-order chi connectivity index (χ1) is 13.9. The molecule has 2 aromatic rings. The van der Waals surface area contributed by atoms with Gasteiger partial charge >= 0.3 is 11.8 Å². The van der Waals surface area contributed by atoms with Crippen molar-refractivity contribution in [3.05, 3.63) is 62.0 Å². The van der Waals surface area contributed by atoms with Gasteiger partial charge in [0.05, 0.1) is 6.21 Å². The predicted molar refractivity (Wildman–Crippen MR) is 119 cm³/mol. The van der Waals surface area contributed by atoms with Crippen molar-refractivity contribution >= 4 is 57.2 Å². The molecule has 0 bridgehead atoms. The second-order valence-electron chi connectivity index (χ2n) is 6.02. The van der Waals surface area contributed by atoms with Crippen LogP contribution in [0.5, 0.6) is 5.75 Å². The summed E-state index contributed by atoms with van der Waals surface area (Å²) in [5.41, 5.74) is 3.59. The number of halogens is 3. The molecule has 0 fully saturated rings.